The van der Waals surface area contributed by atoms with E-state index in [0.29, 0.717) is 0 Å². The average Bonchev–Trinajstić information content (AvgIpc) is 1.86. The highest BCUT2D eigenvalue weighted by atomic mass is 32.3. The standard InChI is InChI=1S/C9H24SSi2/c1-7(2)12(11-10,8(3)4)9(5)6/h7-10H,11H2,1-6H3. The van der Waals surface area contributed by atoms with E-state index in [9.17, 15) is 0 Å². The van der Waals surface area contributed by atoms with Crippen LogP contribution in [0.25, 0.3) is 0 Å². The average molecular weight is 221 g/mol. The van der Waals surface area contributed by atoms with Gasteiger partial charge in [-0.3, -0.25) is 0 Å². The molecule has 0 aliphatic carbocycles. The van der Waals surface area contributed by atoms with Gasteiger partial charge in [0.25, 0.3) is 0 Å². The predicted octanol–water partition coefficient (Wildman–Crippen LogP) is 3.18. The summed E-state index contributed by atoms with van der Waals surface area (Å²) in [7, 11) is -1.09. The fraction of sp³-hybridized carbons (Fsp3) is 1.00. The van der Waals surface area contributed by atoms with E-state index in [4.69, 9.17) is 12.1 Å². The third-order valence-corrected chi connectivity index (χ3v) is 24.4. The van der Waals surface area contributed by atoms with E-state index < -0.39 is 7.59 Å². The van der Waals surface area contributed by atoms with Crippen molar-refractivity contribution in [2.24, 2.45) is 0 Å². The van der Waals surface area contributed by atoms with Crippen LogP contribution in [0.5, 0.6) is 0 Å². The molecule has 0 atom stereocenters. The van der Waals surface area contributed by atoms with Crippen LogP contribution in [0.1, 0.15) is 41.5 Å². The van der Waals surface area contributed by atoms with E-state index in [1.165, 1.54) is 0 Å². The van der Waals surface area contributed by atoms with Crippen molar-refractivity contribution in [1.82, 2.24) is 0 Å². The molecular weight excluding hydrogens is 196 g/mol. The molecule has 0 saturated carbocycles. The lowest BCUT2D eigenvalue weighted by molar-refractivity contribution is 0.848. The molecule has 0 aromatic rings. The lowest BCUT2D eigenvalue weighted by Gasteiger charge is -2.41. The zero-order valence-corrected chi connectivity index (χ0v) is 12.7. The fourth-order valence-corrected chi connectivity index (χ4v) is 20.8. The second-order valence-electron chi connectivity index (χ2n) is 4.73. The van der Waals surface area contributed by atoms with E-state index in [0.717, 1.165) is 16.6 Å². The first-order valence-electron chi connectivity index (χ1n) is 5.00. The van der Waals surface area contributed by atoms with E-state index in [-0.39, 0.29) is 8.19 Å². The Morgan fingerprint density at radius 2 is 1.08 bits per heavy atom. The number of hydrogen-bond donors (Lipinski definition) is 1. The molecule has 0 spiro atoms. The molecule has 0 saturated heterocycles. The summed E-state index contributed by atoms with van der Waals surface area (Å²) < 4.78 is 0. The van der Waals surface area contributed by atoms with E-state index in [2.05, 4.69) is 41.5 Å². The van der Waals surface area contributed by atoms with Crippen molar-refractivity contribution >= 4 is 27.9 Å². The smallest absolute Gasteiger partial charge is 0.0758 e. The Hall–Kier alpha value is 0.784. The summed E-state index contributed by atoms with van der Waals surface area (Å²) in [6, 6.07) is 0. The van der Waals surface area contributed by atoms with Crippen molar-refractivity contribution in [3.63, 3.8) is 0 Å². The Kier molecular flexibility index (Phi) is 5.18. The topological polar surface area (TPSA) is 0 Å². The third-order valence-electron chi connectivity index (χ3n) is 3.50. The highest BCUT2D eigenvalue weighted by Crippen LogP contribution is 2.40. The molecule has 0 unspecified atom stereocenters. The van der Waals surface area contributed by atoms with Gasteiger partial charge in [-0.25, -0.2) is 12.1 Å². The van der Waals surface area contributed by atoms with Crippen LogP contribution in [0, 0.1) is 0 Å². The van der Waals surface area contributed by atoms with Crippen LogP contribution in [0.15, 0.2) is 0 Å². The first kappa shape index (κ1) is 12.8. The van der Waals surface area contributed by atoms with Gasteiger partial charge in [0, 0.05) is 0 Å². The van der Waals surface area contributed by atoms with Crippen LogP contribution in [-0.4, -0.2) is 15.8 Å². The Morgan fingerprint density at radius 1 is 0.833 bits per heavy atom. The summed E-state index contributed by atoms with van der Waals surface area (Å²) in [5.74, 6) is 0. The van der Waals surface area contributed by atoms with Crippen LogP contribution in [0.4, 0.5) is 0 Å². The third kappa shape index (κ3) is 2.18. The van der Waals surface area contributed by atoms with Crippen molar-refractivity contribution in [3.8, 4) is 0 Å². The molecule has 0 N–H and O–H groups in total. The fourth-order valence-electron chi connectivity index (χ4n) is 2.55. The second-order valence-corrected chi connectivity index (χ2v) is 18.2. The SMILES string of the molecule is CC(C)[Si]([SiH2]S)(C(C)C)C(C)C. The molecule has 3 heteroatoms. The number of thiol groups is 1. The Bertz CT molecular complexity index is 111. The molecular formula is C9H24SSi2. The molecule has 74 valence electrons. The Labute approximate surface area is 86.2 Å². The van der Waals surface area contributed by atoms with Crippen molar-refractivity contribution in [2.45, 2.75) is 58.2 Å². The van der Waals surface area contributed by atoms with Gasteiger partial charge in [-0.2, -0.15) is 0 Å². The van der Waals surface area contributed by atoms with Crippen molar-refractivity contribution in [3.05, 3.63) is 0 Å². The van der Waals surface area contributed by atoms with Crippen LogP contribution in [0.3, 0.4) is 0 Å². The van der Waals surface area contributed by atoms with E-state index in [1.54, 1.807) is 0 Å². The molecule has 0 rings (SSSR count). The predicted molar refractivity (Wildman–Crippen MR) is 68.6 cm³/mol. The molecule has 0 bridgehead atoms. The highest BCUT2D eigenvalue weighted by Gasteiger charge is 2.41. The maximum atomic E-state index is 4.72. The Balaban J connectivity index is 4.77. The summed E-state index contributed by atoms with van der Waals surface area (Å²) in [5, 5.41) is 0. The minimum atomic E-state index is -0.998. The number of hydrogen-bond acceptors (Lipinski definition) is 1. The molecule has 0 aromatic heterocycles. The molecule has 0 aromatic carbocycles. The summed E-state index contributed by atoms with van der Waals surface area (Å²) in [5.41, 5.74) is 2.75. The van der Waals surface area contributed by atoms with Crippen molar-refractivity contribution in [1.29, 1.82) is 0 Å². The quantitative estimate of drug-likeness (QED) is 0.546. The number of rotatable bonds is 4. The second kappa shape index (κ2) is 4.86. The van der Waals surface area contributed by atoms with E-state index in [1.807, 2.05) is 0 Å². The van der Waals surface area contributed by atoms with Gasteiger partial charge in [0.1, 0.15) is 0 Å². The maximum Gasteiger partial charge on any atom is 0.0758 e. The summed E-state index contributed by atoms with van der Waals surface area (Å²) >= 11 is 4.72. The van der Waals surface area contributed by atoms with Gasteiger partial charge in [-0.05, 0) is 0 Å². The van der Waals surface area contributed by atoms with Crippen molar-refractivity contribution < 1.29 is 0 Å². The maximum absolute atomic E-state index is 4.72. The minimum Gasteiger partial charge on any atom is -0.213 e. The Morgan fingerprint density at radius 3 is 1.08 bits per heavy atom. The van der Waals surface area contributed by atoms with Crippen LogP contribution >= 0.6 is 12.1 Å². The first-order chi connectivity index (χ1) is 5.39. The van der Waals surface area contributed by atoms with Gasteiger partial charge in [-0.15, -0.1) is 0 Å². The highest BCUT2D eigenvalue weighted by molar-refractivity contribution is 8.14. The van der Waals surface area contributed by atoms with Gasteiger partial charge in [0.15, 0.2) is 0 Å². The minimum absolute atomic E-state index is 0.0880. The molecule has 0 nitrogen and oxygen atoms in total. The van der Waals surface area contributed by atoms with E-state index >= 15 is 0 Å². The summed E-state index contributed by atoms with van der Waals surface area (Å²) in [6.07, 6.45) is 0. The van der Waals surface area contributed by atoms with Gasteiger partial charge in [0.05, 0.1) is 15.8 Å². The zero-order chi connectivity index (χ0) is 9.94. The summed E-state index contributed by atoms with van der Waals surface area (Å²) in [4.78, 5) is 0. The van der Waals surface area contributed by atoms with Gasteiger partial charge in [0.2, 0.25) is 0 Å². The normalized spacial score (nSPS) is 14.5. The van der Waals surface area contributed by atoms with Crippen LogP contribution in [0.2, 0.25) is 16.6 Å². The molecule has 0 heterocycles. The molecule has 12 heavy (non-hydrogen) atoms. The van der Waals surface area contributed by atoms with Gasteiger partial charge >= 0.3 is 0 Å². The van der Waals surface area contributed by atoms with Gasteiger partial charge < -0.3 is 0 Å². The van der Waals surface area contributed by atoms with Crippen molar-refractivity contribution in [2.75, 3.05) is 0 Å². The lowest BCUT2D eigenvalue weighted by Crippen LogP contribution is -2.48. The molecule has 0 fully saturated rings. The van der Waals surface area contributed by atoms with Crippen LogP contribution < -0.4 is 0 Å². The molecule has 0 aliphatic heterocycles. The van der Waals surface area contributed by atoms with Crippen LogP contribution in [-0.2, 0) is 0 Å². The van der Waals surface area contributed by atoms with Gasteiger partial charge in [-0.1, -0.05) is 58.2 Å². The molecule has 0 aliphatic rings. The molecule has 0 radical (unpaired) electrons. The summed E-state index contributed by atoms with van der Waals surface area (Å²) in [6.45, 7) is 14.5. The lowest BCUT2D eigenvalue weighted by atomic mass is 10.5. The first-order valence-corrected chi connectivity index (χ1v) is 12.1. The molecule has 0 amide bonds. The largest absolute Gasteiger partial charge is 0.213 e. The zero-order valence-electron chi connectivity index (χ0n) is 9.39. The monoisotopic (exact) mass is 220 g/mol.